The molecule has 92 valence electrons. The molecule has 5 heteroatoms. The van der Waals surface area contributed by atoms with Gasteiger partial charge in [0.25, 0.3) is 0 Å². The monoisotopic (exact) mass is 267 g/mol. The van der Waals surface area contributed by atoms with E-state index in [9.17, 15) is 0 Å². The van der Waals surface area contributed by atoms with Crippen LogP contribution in [0, 0.1) is 13.8 Å². The van der Waals surface area contributed by atoms with Crippen LogP contribution < -0.4 is 5.32 Å². The maximum absolute atomic E-state index is 4.62. The molecule has 2 aromatic rings. The van der Waals surface area contributed by atoms with Gasteiger partial charge in [-0.2, -0.15) is 0 Å². The molecule has 3 nitrogen and oxygen atoms in total. The average molecular weight is 267 g/mol. The highest BCUT2D eigenvalue weighted by Gasteiger charge is 2.15. The number of hydrogen-bond donors (Lipinski definition) is 1. The Hall–Kier alpha value is -0.780. The fourth-order valence-electron chi connectivity index (χ4n) is 1.75. The predicted molar refractivity (Wildman–Crippen MR) is 74.8 cm³/mol. The molecule has 0 aromatic carbocycles. The van der Waals surface area contributed by atoms with E-state index in [0.717, 1.165) is 27.9 Å². The summed E-state index contributed by atoms with van der Waals surface area (Å²) in [6.45, 7) is 9.37. The third-order valence-corrected chi connectivity index (χ3v) is 4.98. The van der Waals surface area contributed by atoms with Crippen LogP contribution in [0.15, 0.2) is 5.38 Å². The maximum Gasteiger partial charge on any atom is 0.152 e. The van der Waals surface area contributed by atoms with Crippen molar-refractivity contribution in [3.8, 4) is 10.0 Å². The van der Waals surface area contributed by atoms with Gasteiger partial charge in [-0.25, -0.2) is 9.97 Å². The molecule has 0 amide bonds. The van der Waals surface area contributed by atoms with Crippen molar-refractivity contribution in [3.05, 3.63) is 21.6 Å². The molecular formula is C12H17N3S2. The summed E-state index contributed by atoms with van der Waals surface area (Å²) in [5.74, 6) is 0. The number of aryl methyl sites for hydroxylation is 2. The predicted octanol–water partition coefficient (Wildman–Crippen LogP) is 3.55. The Morgan fingerprint density at radius 1 is 1.29 bits per heavy atom. The zero-order chi connectivity index (χ0) is 12.4. The molecule has 1 N–H and O–H groups in total. The number of nitrogens with one attached hydrogen (secondary N) is 1. The zero-order valence-corrected chi connectivity index (χ0v) is 12.2. The van der Waals surface area contributed by atoms with Gasteiger partial charge in [-0.05, 0) is 27.3 Å². The van der Waals surface area contributed by atoms with Crippen LogP contribution in [-0.2, 0) is 0 Å². The molecule has 0 aliphatic carbocycles. The highest BCUT2D eigenvalue weighted by molar-refractivity contribution is 7.20. The first-order chi connectivity index (χ1) is 8.11. The van der Waals surface area contributed by atoms with Gasteiger partial charge in [-0.3, -0.25) is 0 Å². The van der Waals surface area contributed by atoms with Crippen molar-refractivity contribution in [2.75, 3.05) is 6.54 Å². The molecule has 0 saturated carbocycles. The summed E-state index contributed by atoms with van der Waals surface area (Å²) < 4.78 is 0. The van der Waals surface area contributed by atoms with Crippen molar-refractivity contribution in [1.82, 2.24) is 15.3 Å². The Morgan fingerprint density at radius 3 is 2.65 bits per heavy atom. The van der Waals surface area contributed by atoms with Gasteiger partial charge in [0.2, 0.25) is 0 Å². The summed E-state index contributed by atoms with van der Waals surface area (Å²) in [4.78, 5) is 10.4. The molecule has 0 spiro atoms. The van der Waals surface area contributed by atoms with E-state index in [0.29, 0.717) is 6.04 Å². The number of aromatic nitrogens is 2. The number of rotatable bonds is 4. The lowest BCUT2D eigenvalue weighted by molar-refractivity contribution is 0.603. The van der Waals surface area contributed by atoms with Crippen LogP contribution in [0.1, 0.15) is 36.2 Å². The van der Waals surface area contributed by atoms with Gasteiger partial charge in [-0.1, -0.05) is 6.92 Å². The van der Waals surface area contributed by atoms with E-state index in [1.807, 2.05) is 6.92 Å². The summed E-state index contributed by atoms with van der Waals surface area (Å²) in [6.07, 6.45) is 0. The van der Waals surface area contributed by atoms with Gasteiger partial charge in [0.15, 0.2) is 10.0 Å². The normalized spacial score (nSPS) is 12.9. The van der Waals surface area contributed by atoms with E-state index in [4.69, 9.17) is 0 Å². The van der Waals surface area contributed by atoms with E-state index in [1.54, 1.807) is 22.7 Å². The highest BCUT2D eigenvalue weighted by atomic mass is 32.1. The Bertz CT molecular complexity index is 502. The molecule has 0 aliphatic heterocycles. The minimum atomic E-state index is 0.368. The standard InChI is InChI=1S/C12H17N3S2/c1-5-13-8(3)10-9(4)15-12(17-10)11-14-7(2)6-16-11/h6,8,13H,5H2,1-4H3. The second kappa shape index (κ2) is 5.25. The van der Waals surface area contributed by atoms with Crippen LogP contribution in [-0.4, -0.2) is 16.5 Å². The lowest BCUT2D eigenvalue weighted by Crippen LogP contribution is -2.17. The number of thiazole rings is 2. The van der Waals surface area contributed by atoms with Crippen molar-refractivity contribution >= 4 is 22.7 Å². The first-order valence-electron chi connectivity index (χ1n) is 5.75. The summed E-state index contributed by atoms with van der Waals surface area (Å²) >= 11 is 3.41. The molecular weight excluding hydrogens is 250 g/mol. The Balaban J connectivity index is 2.30. The van der Waals surface area contributed by atoms with Crippen LogP contribution >= 0.6 is 22.7 Å². The summed E-state index contributed by atoms with van der Waals surface area (Å²) in [5, 5.41) is 7.57. The fourth-order valence-corrected chi connectivity index (χ4v) is 3.68. The lowest BCUT2D eigenvalue weighted by atomic mass is 10.2. The van der Waals surface area contributed by atoms with Gasteiger partial charge < -0.3 is 5.32 Å². The SMILES string of the molecule is CCNC(C)c1sc(-c2nc(C)cs2)nc1C. The van der Waals surface area contributed by atoms with Crippen LogP contribution in [0.3, 0.4) is 0 Å². The fraction of sp³-hybridized carbons (Fsp3) is 0.500. The Morgan fingerprint density at radius 2 is 2.06 bits per heavy atom. The number of hydrogen-bond acceptors (Lipinski definition) is 5. The van der Waals surface area contributed by atoms with Crippen molar-refractivity contribution in [2.45, 2.75) is 33.7 Å². The third-order valence-electron chi connectivity index (χ3n) is 2.54. The van der Waals surface area contributed by atoms with E-state index < -0.39 is 0 Å². The van der Waals surface area contributed by atoms with E-state index >= 15 is 0 Å². The van der Waals surface area contributed by atoms with Crippen molar-refractivity contribution in [1.29, 1.82) is 0 Å². The van der Waals surface area contributed by atoms with Crippen molar-refractivity contribution < 1.29 is 0 Å². The largest absolute Gasteiger partial charge is 0.310 e. The lowest BCUT2D eigenvalue weighted by Gasteiger charge is -2.09. The third kappa shape index (κ3) is 2.73. The summed E-state index contributed by atoms with van der Waals surface area (Å²) in [7, 11) is 0. The molecule has 0 bridgehead atoms. The molecule has 0 fully saturated rings. The van der Waals surface area contributed by atoms with E-state index in [2.05, 4.69) is 41.4 Å². The second-order valence-corrected chi connectivity index (χ2v) is 5.93. The molecule has 0 radical (unpaired) electrons. The Labute approximate surface area is 110 Å². The molecule has 2 heterocycles. The molecule has 1 unspecified atom stereocenters. The minimum Gasteiger partial charge on any atom is -0.310 e. The molecule has 1 atom stereocenters. The molecule has 2 rings (SSSR count). The van der Waals surface area contributed by atoms with Gasteiger partial charge in [0, 0.05) is 22.0 Å². The first-order valence-corrected chi connectivity index (χ1v) is 7.44. The van der Waals surface area contributed by atoms with E-state index in [-0.39, 0.29) is 0 Å². The second-order valence-electron chi connectivity index (χ2n) is 4.04. The van der Waals surface area contributed by atoms with Crippen LogP contribution in [0.4, 0.5) is 0 Å². The molecule has 17 heavy (non-hydrogen) atoms. The smallest absolute Gasteiger partial charge is 0.152 e. The molecule has 0 aliphatic rings. The van der Waals surface area contributed by atoms with Gasteiger partial charge in [-0.15, -0.1) is 22.7 Å². The van der Waals surface area contributed by atoms with Crippen molar-refractivity contribution in [3.63, 3.8) is 0 Å². The number of nitrogens with zero attached hydrogens (tertiary/aromatic N) is 2. The highest BCUT2D eigenvalue weighted by Crippen LogP contribution is 2.33. The maximum atomic E-state index is 4.62. The quantitative estimate of drug-likeness (QED) is 0.920. The van der Waals surface area contributed by atoms with Crippen LogP contribution in [0.25, 0.3) is 10.0 Å². The zero-order valence-electron chi connectivity index (χ0n) is 10.6. The van der Waals surface area contributed by atoms with Gasteiger partial charge in [0.05, 0.1) is 5.69 Å². The molecule has 2 aromatic heterocycles. The van der Waals surface area contributed by atoms with Crippen LogP contribution in [0.5, 0.6) is 0 Å². The van der Waals surface area contributed by atoms with Gasteiger partial charge >= 0.3 is 0 Å². The van der Waals surface area contributed by atoms with Gasteiger partial charge in [0.1, 0.15) is 0 Å². The van der Waals surface area contributed by atoms with E-state index in [1.165, 1.54) is 4.88 Å². The topological polar surface area (TPSA) is 37.8 Å². The summed E-state index contributed by atoms with van der Waals surface area (Å²) in [5.41, 5.74) is 2.19. The summed E-state index contributed by atoms with van der Waals surface area (Å²) in [6, 6.07) is 0.368. The van der Waals surface area contributed by atoms with Crippen LogP contribution in [0.2, 0.25) is 0 Å². The van der Waals surface area contributed by atoms with Crippen molar-refractivity contribution in [2.24, 2.45) is 0 Å². The average Bonchev–Trinajstić information content (AvgIpc) is 2.85. The molecule has 0 saturated heterocycles. The first kappa shape index (κ1) is 12.7. The Kier molecular flexibility index (Phi) is 3.91. The minimum absolute atomic E-state index is 0.368.